The summed E-state index contributed by atoms with van der Waals surface area (Å²) in [7, 11) is 0. The van der Waals surface area contributed by atoms with Gasteiger partial charge in [0.15, 0.2) is 6.23 Å². The summed E-state index contributed by atoms with van der Waals surface area (Å²) in [5.74, 6) is -2.23. The van der Waals surface area contributed by atoms with Crippen molar-refractivity contribution in [3.8, 4) is 0 Å². The zero-order chi connectivity index (χ0) is 12.6. The van der Waals surface area contributed by atoms with Crippen LogP contribution in [-0.4, -0.2) is 75.3 Å². The number of amides is 2. The second-order valence-corrected chi connectivity index (χ2v) is 4.23. The molecule has 0 bridgehead atoms. The lowest BCUT2D eigenvalue weighted by molar-refractivity contribution is -0.257. The lowest BCUT2D eigenvalue weighted by Gasteiger charge is -2.33. The van der Waals surface area contributed by atoms with E-state index in [0.717, 1.165) is 0 Å². The maximum Gasteiger partial charge on any atom is 0.319 e. The lowest BCUT2D eigenvalue weighted by Crippen LogP contribution is -2.54. The topological polar surface area (TPSA) is 122 Å². The number of aliphatic hydroxyl groups excluding tert-OH is 3. The Morgan fingerprint density at radius 1 is 1.53 bits per heavy atom. The summed E-state index contributed by atoms with van der Waals surface area (Å²) in [5, 5.41) is 40.5. The van der Waals surface area contributed by atoms with Crippen molar-refractivity contribution < 1.29 is 30.0 Å². The van der Waals surface area contributed by atoms with Crippen molar-refractivity contribution in [1.29, 1.82) is 0 Å². The Morgan fingerprint density at radius 3 is 2.76 bits per heavy atom. The summed E-state index contributed by atoms with van der Waals surface area (Å²) in [4.78, 5) is 12.7. The molecular formula is C9H16N2O6. The molecule has 4 atom stereocenters. The number of nitrogens with zero attached hydrogens (tertiary/aromatic N) is 1. The summed E-state index contributed by atoms with van der Waals surface area (Å²) >= 11 is 0. The first-order valence-corrected chi connectivity index (χ1v) is 5.41. The first-order chi connectivity index (χ1) is 7.99. The lowest BCUT2D eigenvalue weighted by atomic mass is 10.1. The van der Waals surface area contributed by atoms with Crippen LogP contribution in [0.2, 0.25) is 0 Å². The molecule has 2 fully saturated rings. The van der Waals surface area contributed by atoms with Gasteiger partial charge in [-0.05, 0) is 6.42 Å². The van der Waals surface area contributed by atoms with Gasteiger partial charge in [-0.25, -0.2) is 4.79 Å². The largest absolute Gasteiger partial charge is 0.391 e. The molecule has 98 valence electrons. The summed E-state index contributed by atoms with van der Waals surface area (Å²) in [6.45, 7) is 0.0178. The fraction of sp³-hybridized carbons (Fsp3) is 0.889. The quantitative estimate of drug-likeness (QED) is 0.359. The van der Waals surface area contributed by atoms with Gasteiger partial charge in [0.25, 0.3) is 0 Å². The number of rotatable bonds is 2. The Morgan fingerprint density at radius 2 is 2.24 bits per heavy atom. The fourth-order valence-corrected chi connectivity index (χ4v) is 2.04. The highest BCUT2D eigenvalue weighted by atomic mass is 16.7. The molecule has 2 heterocycles. The third-order valence-corrected chi connectivity index (χ3v) is 3.05. The van der Waals surface area contributed by atoms with Crippen molar-refractivity contribution in [1.82, 2.24) is 10.2 Å². The zero-order valence-corrected chi connectivity index (χ0v) is 9.11. The van der Waals surface area contributed by atoms with Crippen molar-refractivity contribution in [2.24, 2.45) is 0 Å². The summed E-state index contributed by atoms with van der Waals surface area (Å²) < 4.78 is 5.00. The molecule has 2 saturated heterocycles. The second kappa shape index (κ2) is 4.39. The van der Waals surface area contributed by atoms with Gasteiger partial charge in [0.05, 0.1) is 6.61 Å². The van der Waals surface area contributed by atoms with E-state index in [0.29, 0.717) is 19.5 Å². The molecule has 0 spiro atoms. The molecule has 8 heteroatoms. The first kappa shape index (κ1) is 12.5. The van der Waals surface area contributed by atoms with Gasteiger partial charge < -0.3 is 30.5 Å². The minimum absolute atomic E-state index is 0.349. The summed E-state index contributed by atoms with van der Waals surface area (Å²) in [6.07, 6.45) is -3.61. The standard InChI is InChI=1S/C9H16N2O6/c12-4-9(16)6(14)5(13)7(17-9)11-3-1-2-10-8(11)15/h5-7,12-14,16H,1-4H2,(H,10,15)/t5-,6+,7-,9-/m1/s1. The fourth-order valence-electron chi connectivity index (χ4n) is 2.04. The highest BCUT2D eigenvalue weighted by Crippen LogP contribution is 2.31. The van der Waals surface area contributed by atoms with Crippen LogP contribution in [0.25, 0.3) is 0 Å². The van der Waals surface area contributed by atoms with Gasteiger partial charge in [-0.2, -0.15) is 0 Å². The highest BCUT2D eigenvalue weighted by Gasteiger charge is 2.55. The van der Waals surface area contributed by atoms with E-state index < -0.39 is 36.9 Å². The smallest absolute Gasteiger partial charge is 0.319 e. The molecule has 0 saturated carbocycles. The van der Waals surface area contributed by atoms with Crippen molar-refractivity contribution in [2.45, 2.75) is 30.6 Å². The van der Waals surface area contributed by atoms with Crippen LogP contribution in [0.5, 0.6) is 0 Å². The van der Waals surface area contributed by atoms with Crippen LogP contribution in [-0.2, 0) is 4.74 Å². The van der Waals surface area contributed by atoms with Crippen molar-refractivity contribution in [3.63, 3.8) is 0 Å². The monoisotopic (exact) mass is 248 g/mol. The maximum absolute atomic E-state index is 11.5. The Labute approximate surface area is 97.4 Å². The van der Waals surface area contributed by atoms with E-state index in [4.69, 9.17) is 9.84 Å². The van der Waals surface area contributed by atoms with Crippen molar-refractivity contribution in [2.75, 3.05) is 19.7 Å². The minimum Gasteiger partial charge on any atom is -0.391 e. The Hall–Kier alpha value is -0.930. The van der Waals surface area contributed by atoms with Crippen LogP contribution in [0.15, 0.2) is 0 Å². The maximum atomic E-state index is 11.5. The normalized spacial score (nSPS) is 42.7. The van der Waals surface area contributed by atoms with Crippen LogP contribution in [0.4, 0.5) is 4.79 Å². The molecule has 0 aromatic carbocycles. The van der Waals surface area contributed by atoms with E-state index in [-0.39, 0.29) is 0 Å². The van der Waals surface area contributed by atoms with Crippen LogP contribution < -0.4 is 5.32 Å². The predicted molar refractivity (Wildman–Crippen MR) is 53.6 cm³/mol. The molecule has 2 amide bonds. The second-order valence-electron chi connectivity index (χ2n) is 4.23. The van der Waals surface area contributed by atoms with Gasteiger partial charge in [-0.15, -0.1) is 0 Å². The Kier molecular flexibility index (Phi) is 3.23. The SMILES string of the molecule is O=C1NCCCN1[C@@H]1O[C@](O)(CO)[C@@H](O)[C@H]1O. The van der Waals surface area contributed by atoms with E-state index in [2.05, 4.69) is 5.32 Å². The summed E-state index contributed by atoms with van der Waals surface area (Å²) in [6, 6.07) is -0.435. The number of hydrogen-bond donors (Lipinski definition) is 5. The molecule has 5 N–H and O–H groups in total. The zero-order valence-electron chi connectivity index (χ0n) is 9.11. The number of nitrogens with one attached hydrogen (secondary N) is 1. The van der Waals surface area contributed by atoms with Crippen LogP contribution in [0, 0.1) is 0 Å². The van der Waals surface area contributed by atoms with Gasteiger partial charge in [0.2, 0.25) is 5.79 Å². The average molecular weight is 248 g/mol. The van der Waals surface area contributed by atoms with Gasteiger partial charge in [0, 0.05) is 13.1 Å². The van der Waals surface area contributed by atoms with E-state index in [1.807, 2.05) is 0 Å². The third kappa shape index (κ3) is 1.98. The molecule has 0 aromatic heterocycles. The molecule has 2 aliphatic heterocycles. The number of carbonyl (C=O) groups excluding carboxylic acids is 1. The molecule has 0 unspecified atom stereocenters. The third-order valence-electron chi connectivity index (χ3n) is 3.05. The van der Waals surface area contributed by atoms with E-state index in [1.54, 1.807) is 0 Å². The summed E-state index contributed by atoms with van der Waals surface area (Å²) in [5.41, 5.74) is 0. The average Bonchev–Trinajstić information content (AvgIpc) is 2.56. The molecule has 0 aliphatic carbocycles. The number of aliphatic hydroxyl groups is 4. The van der Waals surface area contributed by atoms with Crippen LogP contribution in [0.1, 0.15) is 6.42 Å². The van der Waals surface area contributed by atoms with Gasteiger partial charge in [0.1, 0.15) is 12.2 Å². The Bertz CT molecular complexity index is 314. The molecule has 2 aliphatic rings. The van der Waals surface area contributed by atoms with Gasteiger partial charge in [-0.3, -0.25) is 4.90 Å². The van der Waals surface area contributed by atoms with Crippen LogP contribution >= 0.6 is 0 Å². The van der Waals surface area contributed by atoms with Gasteiger partial charge >= 0.3 is 6.03 Å². The molecule has 0 radical (unpaired) electrons. The minimum atomic E-state index is -2.23. The molecular weight excluding hydrogens is 232 g/mol. The molecule has 0 aromatic rings. The van der Waals surface area contributed by atoms with Gasteiger partial charge in [-0.1, -0.05) is 0 Å². The predicted octanol–water partition coefficient (Wildman–Crippen LogP) is -2.84. The van der Waals surface area contributed by atoms with Crippen LogP contribution in [0.3, 0.4) is 0 Å². The van der Waals surface area contributed by atoms with Crippen molar-refractivity contribution in [3.05, 3.63) is 0 Å². The van der Waals surface area contributed by atoms with Crippen molar-refractivity contribution >= 4 is 6.03 Å². The first-order valence-electron chi connectivity index (χ1n) is 5.41. The number of ether oxygens (including phenoxy) is 1. The van der Waals surface area contributed by atoms with E-state index in [1.165, 1.54) is 4.90 Å². The number of hydrogen-bond acceptors (Lipinski definition) is 6. The van der Waals surface area contributed by atoms with E-state index in [9.17, 15) is 20.1 Å². The molecule has 2 rings (SSSR count). The Balaban J connectivity index is 2.14. The molecule has 8 nitrogen and oxygen atoms in total. The van der Waals surface area contributed by atoms with E-state index >= 15 is 0 Å². The highest BCUT2D eigenvalue weighted by molar-refractivity contribution is 5.75. The molecule has 17 heavy (non-hydrogen) atoms. The number of urea groups is 1. The number of carbonyl (C=O) groups is 1.